The molecule has 2 unspecified atom stereocenters. The fourth-order valence-corrected chi connectivity index (χ4v) is 3.66. The maximum atomic E-state index is 12.4. The molecule has 5 nitrogen and oxygen atoms in total. The molecule has 122 valence electrons. The molecule has 0 aromatic heterocycles. The molecule has 0 heterocycles. The molecule has 2 amide bonds. The first-order valence-electron chi connectivity index (χ1n) is 7.55. The Hall–Kier alpha value is -0.780. The standard InChI is InChI=1S/C15H27BrN2O3/c1-10(13(15(2,3)4)17-14(20)21)18(12(19)9-16)11-7-5-6-8-11/h10-11,13,17H,5-9H2,1-4H3,(H,20,21). The van der Waals surface area contributed by atoms with Gasteiger partial charge in [-0.05, 0) is 25.2 Å². The van der Waals surface area contributed by atoms with E-state index in [1.54, 1.807) is 0 Å². The summed E-state index contributed by atoms with van der Waals surface area (Å²) in [5, 5.41) is 12.0. The van der Waals surface area contributed by atoms with E-state index in [1.807, 2.05) is 32.6 Å². The van der Waals surface area contributed by atoms with Crippen LogP contribution in [0, 0.1) is 5.41 Å². The Bertz CT molecular complexity index is 376. The second kappa shape index (κ2) is 7.47. The quantitative estimate of drug-likeness (QED) is 0.737. The van der Waals surface area contributed by atoms with Gasteiger partial charge in [0.25, 0.3) is 0 Å². The number of carboxylic acid groups (broad SMARTS) is 1. The summed E-state index contributed by atoms with van der Waals surface area (Å²) >= 11 is 3.25. The Labute approximate surface area is 135 Å². The second-order valence-corrected chi connectivity index (χ2v) is 7.47. The molecule has 6 heteroatoms. The van der Waals surface area contributed by atoms with Crippen molar-refractivity contribution in [2.75, 3.05) is 5.33 Å². The van der Waals surface area contributed by atoms with Crippen molar-refractivity contribution in [3.63, 3.8) is 0 Å². The van der Waals surface area contributed by atoms with E-state index in [-0.39, 0.29) is 34.8 Å². The molecule has 1 saturated carbocycles. The Morgan fingerprint density at radius 1 is 1.33 bits per heavy atom. The second-order valence-electron chi connectivity index (χ2n) is 6.91. The van der Waals surface area contributed by atoms with Crippen LogP contribution >= 0.6 is 15.9 Å². The fraction of sp³-hybridized carbons (Fsp3) is 0.867. The molecule has 2 atom stereocenters. The highest BCUT2D eigenvalue weighted by Crippen LogP contribution is 2.31. The number of amides is 2. The van der Waals surface area contributed by atoms with Crippen molar-refractivity contribution in [3.05, 3.63) is 0 Å². The molecule has 0 radical (unpaired) electrons. The third-order valence-electron chi connectivity index (χ3n) is 4.25. The van der Waals surface area contributed by atoms with Crippen LogP contribution in [-0.4, -0.2) is 45.5 Å². The summed E-state index contributed by atoms with van der Waals surface area (Å²) in [4.78, 5) is 25.4. The molecule has 1 rings (SSSR count). The number of carbonyl (C=O) groups is 2. The third kappa shape index (κ3) is 4.87. The van der Waals surface area contributed by atoms with Gasteiger partial charge in [-0.3, -0.25) is 4.79 Å². The highest BCUT2D eigenvalue weighted by molar-refractivity contribution is 9.09. The zero-order valence-corrected chi connectivity index (χ0v) is 14.9. The minimum absolute atomic E-state index is 0.0378. The van der Waals surface area contributed by atoms with Crippen LogP contribution in [0.4, 0.5) is 4.79 Å². The summed E-state index contributed by atoms with van der Waals surface area (Å²) in [6, 6.07) is -0.252. The zero-order valence-electron chi connectivity index (χ0n) is 13.4. The van der Waals surface area contributed by atoms with Gasteiger partial charge in [-0.15, -0.1) is 0 Å². The van der Waals surface area contributed by atoms with E-state index in [0.29, 0.717) is 0 Å². The highest BCUT2D eigenvalue weighted by Gasteiger charge is 2.39. The van der Waals surface area contributed by atoms with E-state index in [9.17, 15) is 9.59 Å². The van der Waals surface area contributed by atoms with Gasteiger partial charge in [-0.25, -0.2) is 4.79 Å². The van der Waals surface area contributed by atoms with Gasteiger partial charge in [0, 0.05) is 6.04 Å². The molecule has 21 heavy (non-hydrogen) atoms. The smallest absolute Gasteiger partial charge is 0.404 e. The van der Waals surface area contributed by atoms with Gasteiger partial charge in [-0.2, -0.15) is 0 Å². The maximum absolute atomic E-state index is 12.4. The zero-order chi connectivity index (χ0) is 16.2. The number of hydrogen-bond donors (Lipinski definition) is 2. The van der Waals surface area contributed by atoms with E-state index in [0.717, 1.165) is 25.7 Å². The number of rotatable bonds is 5. The van der Waals surface area contributed by atoms with Crippen LogP contribution in [0.5, 0.6) is 0 Å². The largest absolute Gasteiger partial charge is 0.465 e. The summed E-state index contributed by atoms with van der Waals surface area (Å²) in [7, 11) is 0. The normalized spacial score (nSPS) is 19.1. The lowest BCUT2D eigenvalue weighted by Gasteiger charge is -2.43. The molecule has 0 aliphatic heterocycles. The van der Waals surface area contributed by atoms with Gasteiger partial charge in [-0.1, -0.05) is 49.5 Å². The molecule has 1 aliphatic rings. The van der Waals surface area contributed by atoms with E-state index < -0.39 is 6.09 Å². The molecule has 0 aromatic carbocycles. The van der Waals surface area contributed by atoms with Crippen LogP contribution in [0.2, 0.25) is 0 Å². The fourth-order valence-electron chi connectivity index (χ4n) is 3.37. The first kappa shape index (κ1) is 18.3. The monoisotopic (exact) mass is 362 g/mol. The van der Waals surface area contributed by atoms with Crippen molar-refractivity contribution >= 4 is 27.9 Å². The lowest BCUT2D eigenvalue weighted by molar-refractivity contribution is -0.134. The lowest BCUT2D eigenvalue weighted by atomic mass is 9.81. The summed E-state index contributed by atoms with van der Waals surface area (Å²) in [5.41, 5.74) is -0.263. The predicted octanol–water partition coefficient (Wildman–Crippen LogP) is 3.22. The Balaban J connectivity index is 3.01. The summed E-state index contributed by atoms with van der Waals surface area (Å²) in [6.45, 7) is 7.94. The van der Waals surface area contributed by atoms with Crippen molar-refractivity contribution in [2.45, 2.75) is 71.5 Å². The predicted molar refractivity (Wildman–Crippen MR) is 86.8 cm³/mol. The van der Waals surface area contributed by atoms with Gasteiger partial charge >= 0.3 is 6.09 Å². The molecule has 0 saturated heterocycles. The molecule has 2 N–H and O–H groups in total. The molecule has 1 aliphatic carbocycles. The first-order chi connectivity index (χ1) is 9.68. The number of alkyl halides is 1. The third-order valence-corrected chi connectivity index (χ3v) is 4.73. The molecule has 1 fully saturated rings. The van der Waals surface area contributed by atoms with Crippen LogP contribution in [-0.2, 0) is 4.79 Å². The minimum Gasteiger partial charge on any atom is -0.465 e. The Morgan fingerprint density at radius 3 is 2.24 bits per heavy atom. The molecular weight excluding hydrogens is 336 g/mol. The summed E-state index contributed by atoms with van der Waals surface area (Å²) in [6.07, 6.45) is 3.24. The molecule has 0 spiro atoms. The molecular formula is C15H27BrN2O3. The Kier molecular flexibility index (Phi) is 6.50. The van der Waals surface area contributed by atoms with Gasteiger partial charge in [0.1, 0.15) is 0 Å². The van der Waals surface area contributed by atoms with Crippen molar-refractivity contribution in [1.29, 1.82) is 0 Å². The molecule has 0 aromatic rings. The topological polar surface area (TPSA) is 69.6 Å². The van der Waals surface area contributed by atoms with Crippen molar-refractivity contribution in [3.8, 4) is 0 Å². The lowest BCUT2D eigenvalue weighted by Crippen LogP contribution is -2.59. The van der Waals surface area contributed by atoms with Crippen LogP contribution in [0.25, 0.3) is 0 Å². The van der Waals surface area contributed by atoms with E-state index >= 15 is 0 Å². The SMILES string of the molecule is CC(C(NC(=O)O)C(C)(C)C)N(C(=O)CBr)C1CCCC1. The van der Waals surface area contributed by atoms with E-state index in [4.69, 9.17) is 5.11 Å². The van der Waals surface area contributed by atoms with Gasteiger partial charge < -0.3 is 15.3 Å². The summed E-state index contributed by atoms with van der Waals surface area (Å²) in [5.74, 6) is 0.0378. The van der Waals surface area contributed by atoms with Crippen molar-refractivity contribution < 1.29 is 14.7 Å². The van der Waals surface area contributed by atoms with Crippen LogP contribution < -0.4 is 5.32 Å². The Morgan fingerprint density at radius 2 is 1.86 bits per heavy atom. The minimum atomic E-state index is -1.04. The number of nitrogens with zero attached hydrogens (tertiary/aromatic N) is 1. The van der Waals surface area contributed by atoms with Crippen LogP contribution in [0.1, 0.15) is 53.4 Å². The number of halogens is 1. The van der Waals surface area contributed by atoms with Crippen molar-refractivity contribution in [2.24, 2.45) is 5.41 Å². The van der Waals surface area contributed by atoms with Gasteiger partial charge in [0.15, 0.2) is 0 Å². The summed E-state index contributed by atoms with van der Waals surface area (Å²) < 4.78 is 0. The van der Waals surface area contributed by atoms with Crippen LogP contribution in [0.15, 0.2) is 0 Å². The number of hydrogen-bond acceptors (Lipinski definition) is 2. The number of carbonyl (C=O) groups excluding carboxylic acids is 1. The average Bonchev–Trinajstić information content (AvgIpc) is 2.87. The van der Waals surface area contributed by atoms with Gasteiger partial charge in [0.05, 0.1) is 17.4 Å². The van der Waals surface area contributed by atoms with E-state index in [1.165, 1.54) is 0 Å². The maximum Gasteiger partial charge on any atom is 0.404 e. The highest BCUT2D eigenvalue weighted by atomic mass is 79.9. The van der Waals surface area contributed by atoms with Crippen LogP contribution in [0.3, 0.4) is 0 Å². The van der Waals surface area contributed by atoms with Gasteiger partial charge in [0.2, 0.25) is 5.91 Å². The molecule has 0 bridgehead atoms. The first-order valence-corrected chi connectivity index (χ1v) is 8.67. The number of nitrogens with one attached hydrogen (secondary N) is 1. The average molecular weight is 363 g/mol. The van der Waals surface area contributed by atoms with Crippen molar-refractivity contribution in [1.82, 2.24) is 10.2 Å². The van der Waals surface area contributed by atoms with E-state index in [2.05, 4.69) is 21.2 Å².